The number of H-pyrrole nitrogens is 2. The molecule has 4 atom stereocenters. The van der Waals surface area contributed by atoms with Crippen molar-refractivity contribution in [3.05, 3.63) is 60.6 Å². The monoisotopic (exact) mass is 792 g/mol. The minimum atomic E-state index is -0.723. The minimum absolute atomic E-state index is 0.128. The largest absolute Gasteiger partial charge is 0.463 e. The van der Waals surface area contributed by atoms with Crippen molar-refractivity contribution in [1.29, 1.82) is 0 Å². The van der Waals surface area contributed by atoms with Crippen molar-refractivity contribution >= 4 is 35.0 Å². The molecular weight excluding hydrogens is 745 g/mol. The second kappa shape index (κ2) is 15.6. The van der Waals surface area contributed by atoms with E-state index >= 15 is 0 Å². The predicted octanol–water partition coefficient (Wildman–Crippen LogP) is 7.07. The Morgan fingerprint density at radius 1 is 0.741 bits per heavy atom. The molecule has 3 aliphatic rings. The average Bonchev–Trinajstić information content (AvgIpc) is 4.07. The zero-order valence-corrected chi connectivity index (χ0v) is 33.4. The van der Waals surface area contributed by atoms with Gasteiger partial charge in [0.05, 0.1) is 61.7 Å². The molecule has 0 radical (unpaired) electrons. The summed E-state index contributed by atoms with van der Waals surface area (Å²) in [6.45, 7) is 8.69. The second-order valence-electron chi connectivity index (χ2n) is 15.7. The van der Waals surface area contributed by atoms with Crippen LogP contribution in [0.25, 0.3) is 44.6 Å². The number of alkyl carbamates (subject to hydrolysis) is 2. The van der Waals surface area contributed by atoms with Crippen LogP contribution in [0.15, 0.2) is 53.4 Å². The molecule has 58 heavy (non-hydrogen) atoms. The zero-order valence-electron chi connectivity index (χ0n) is 33.4. The summed E-state index contributed by atoms with van der Waals surface area (Å²) >= 11 is 0. The first-order valence-electron chi connectivity index (χ1n) is 19.7. The average molecular weight is 793 g/mol. The Bertz CT molecular complexity index is 2380. The number of imidazole rings is 2. The van der Waals surface area contributed by atoms with Crippen LogP contribution in [0.5, 0.6) is 11.5 Å². The first-order chi connectivity index (χ1) is 28.0. The van der Waals surface area contributed by atoms with Gasteiger partial charge in [-0.05, 0) is 61.8 Å². The summed E-state index contributed by atoms with van der Waals surface area (Å²) in [7, 11) is 2.56. The van der Waals surface area contributed by atoms with E-state index in [1.54, 1.807) is 28.5 Å². The van der Waals surface area contributed by atoms with Gasteiger partial charge in [-0.1, -0.05) is 33.8 Å². The van der Waals surface area contributed by atoms with E-state index in [9.17, 15) is 19.2 Å². The van der Waals surface area contributed by atoms with Gasteiger partial charge in [-0.3, -0.25) is 9.59 Å². The topological polar surface area (TPSA) is 197 Å². The van der Waals surface area contributed by atoms with Gasteiger partial charge in [0.15, 0.2) is 0 Å². The maximum Gasteiger partial charge on any atom is 0.407 e. The van der Waals surface area contributed by atoms with E-state index in [1.807, 2.05) is 58.0 Å². The third-order valence-electron chi connectivity index (χ3n) is 11.5. The number of ether oxygens (including phenoxy) is 3. The molecule has 8 rings (SSSR count). The Labute approximate surface area is 335 Å². The lowest BCUT2D eigenvalue weighted by Crippen LogP contribution is -2.51. The van der Waals surface area contributed by atoms with Crippen LogP contribution in [0.2, 0.25) is 0 Å². The third-order valence-corrected chi connectivity index (χ3v) is 11.5. The molecule has 2 saturated heterocycles. The van der Waals surface area contributed by atoms with Crippen molar-refractivity contribution in [1.82, 2.24) is 40.4 Å². The smallest absolute Gasteiger partial charge is 0.407 e. The number of rotatable bonds is 10. The number of nitrogens with one attached hydrogen (secondary N) is 4. The number of hydrogen-bond donors (Lipinski definition) is 4. The molecule has 6 heterocycles. The van der Waals surface area contributed by atoms with E-state index in [1.165, 1.54) is 14.2 Å². The molecule has 3 aromatic heterocycles. The van der Waals surface area contributed by atoms with Crippen LogP contribution < -0.4 is 15.4 Å². The van der Waals surface area contributed by atoms with Gasteiger partial charge in [-0.2, -0.15) is 0 Å². The van der Waals surface area contributed by atoms with Gasteiger partial charge in [-0.25, -0.2) is 19.6 Å². The maximum atomic E-state index is 13.7. The standard InChI is InChI=1S/C42H48N8O8/c1-21(2)34(47-41(53)55-5)39(51)49-15-7-9-29(49)37-43-18-27(45-37)23-11-12-24-26-20-57-36-25(13-14-31(33(26)36)58-32(24)17-23)28-19-44-38(46-28)30-10-8-16-50(30)40(52)35(22(3)4)48-42(54)56-6/h11-14,17-22,29-30,34-35H,7-10,15-16H2,1-6H3,(H,43,45)(H,44,46)(H,47,53)(H,48,54)/t29-,30-,34-,35-/m0/s1. The summed E-state index contributed by atoms with van der Waals surface area (Å²) in [5.41, 5.74) is 5.62. The van der Waals surface area contributed by atoms with E-state index in [0.717, 1.165) is 64.7 Å². The Hall–Kier alpha value is -6.32. The number of aromatic nitrogens is 4. The highest BCUT2D eigenvalue weighted by Crippen LogP contribution is 2.50. The van der Waals surface area contributed by atoms with Crippen molar-refractivity contribution in [2.75, 3.05) is 27.3 Å². The first kappa shape index (κ1) is 38.5. The lowest BCUT2D eigenvalue weighted by Gasteiger charge is -2.30. The molecule has 16 nitrogen and oxygen atoms in total. The van der Waals surface area contributed by atoms with Crippen LogP contribution in [0.3, 0.4) is 0 Å². The van der Waals surface area contributed by atoms with Gasteiger partial charge in [0, 0.05) is 35.3 Å². The molecule has 2 fully saturated rings. The van der Waals surface area contributed by atoms with Crippen molar-refractivity contribution in [2.24, 2.45) is 11.8 Å². The zero-order chi connectivity index (χ0) is 40.8. The fourth-order valence-electron chi connectivity index (χ4n) is 8.41. The van der Waals surface area contributed by atoms with Crippen LogP contribution in [0.1, 0.15) is 77.1 Å². The summed E-state index contributed by atoms with van der Waals surface area (Å²) in [5.74, 6) is 2.07. The van der Waals surface area contributed by atoms with Gasteiger partial charge >= 0.3 is 12.2 Å². The first-order valence-corrected chi connectivity index (χ1v) is 19.7. The molecule has 0 unspecified atom stereocenters. The Kier molecular flexibility index (Phi) is 10.3. The van der Waals surface area contributed by atoms with Crippen molar-refractivity contribution in [2.45, 2.75) is 77.5 Å². The van der Waals surface area contributed by atoms with Crippen LogP contribution in [0.4, 0.5) is 9.59 Å². The Balaban J connectivity index is 1.01. The van der Waals surface area contributed by atoms with Gasteiger partial charge in [0.25, 0.3) is 0 Å². The molecule has 3 aliphatic heterocycles. The molecule has 0 spiro atoms. The predicted molar refractivity (Wildman–Crippen MR) is 213 cm³/mol. The fourth-order valence-corrected chi connectivity index (χ4v) is 8.41. The number of nitrogens with zero attached hydrogens (tertiary/aromatic N) is 4. The number of fused-ring (bicyclic) bond motifs is 2. The number of hydrogen-bond acceptors (Lipinski definition) is 10. The molecule has 0 bridgehead atoms. The molecule has 0 saturated carbocycles. The van der Waals surface area contributed by atoms with Crippen molar-refractivity contribution < 1.29 is 37.8 Å². The number of furan rings is 1. The summed E-state index contributed by atoms with van der Waals surface area (Å²) in [5, 5.41) is 6.23. The van der Waals surface area contributed by atoms with Crippen LogP contribution >= 0.6 is 0 Å². The molecule has 2 aromatic carbocycles. The number of aromatic amines is 2. The summed E-state index contributed by atoms with van der Waals surface area (Å²) < 4.78 is 22.3. The molecule has 5 aromatic rings. The molecule has 16 heteroatoms. The highest BCUT2D eigenvalue weighted by atomic mass is 16.5. The van der Waals surface area contributed by atoms with Crippen LogP contribution in [-0.2, 0) is 19.1 Å². The SMILES string of the molecule is COC(=O)N[C@H](C(=O)N1CCC[C@H]1c1ncc(-c2ccc3c(c2)Oc2ccc(-c4cnc([C@@H]5CCCN5C(=O)[C@@H](NC(=O)OC)C(C)C)[nH]4)c4occ-3c24)[nH]1)C(C)C. The second-order valence-corrected chi connectivity index (χ2v) is 15.7. The Morgan fingerprint density at radius 3 is 1.86 bits per heavy atom. The molecule has 304 valence electrons. The van der Waals surface area contributed by atoms with Gasteiger partial charge in [0.2, 0.25) is 11.8 Å². The van der Waals surface area contributed by atoms with Gasteiger partial charge in [-0.15, -0.1) is 0 Å². The Morgan fingerprint density at radius 2 is 1.29 bits per heavy atom. The van der Waals surface area contributed by atoms with E-state index in [-0.39, 0.29) is 35.7 Å². The summed E-state index contributed by atoms with van der Waals surface area (Å²) in [4.78, 5) is 71.2. The number of carbonyl (C=O) groups excluding carboxylic acids is 4. The number of carbonyl (C=O) groups is 4. The lowest BCUT2D eigenvalue weighted by molar-refractivity contribution is -0.136. The quantitative estimate of drug-likeness (QED) is 0.111. The van der Waals surface area contributed by atoms with Crippen LogP contribution in [-0.4, -0.2) is 93.1 Å². The summed E-state index contributed by atoms with van der Waals surface area (Å²) in [6, 6.07) is 7.86. The lowest BCUT2D eigenvalue weighted by atomic mass is 9.97. The number of methoxy groups -OCH3 is 2. The van der Waals surface area contributed by atoms with E-state index in [4.69, 9.17) is 28.6 Å². The van der Waals surface area contributed by atoms with Crippen molar-refractivity contribution in [3.63, 3.8) is 0 Å². The van der Waals surface area contributed by atoms with Crippen LogP contribution in [0, 0.1) is 11.8 Å². The van der Waals surface area contributed by atoms with Gasteiger partial charge in [0.1, 0.15) is 40.8 Å². The van der Waals surface area contributed by atoms with Gasteiger partial charge < -0.3 is 49.0 Å². The highest BCUT2D eigenvalue weighted by molar-refractivity contribution is 6.07. The molecule has 4 amide bonds. The molecular formula is C42H48N8O8. The number of likely N-dealkylation sites (tertiary alicyclic amines) is 2. The summed E-state index contributed by atoms with van der Waals surface area (Å²) in [6.07, 6.45) is 7.10. The fraction of sp³-hybridized carbons (Fsp3) is 0.429. The number of amides is 4. The van der Waals surface area contributed by atoms with Crippen molar-refractivity contribution in [3.8, 4) is 45.1 Å². The normalized spacial score (nSPS) is 18.3. The van der Waals surface area contributed by atoms with E-state index < -0.39 is 24.3 Å². The molecule has 4 N–H and O–H groups in total. The maximum absolute atomic E-state index is 13.7. The highest BCUT2D eigenvalue weighted by Gasteiger charge is 2.39. The van der Waals surface area contributed by atoms with E-state index in [0.29, 0.717) is 41.8 Å². The van der Waals surface area contributed by atoms with E-state index in [2.05, 4.69) is 20.6 Å². The molecule has 0 aliphatic carbocycles. The minimum Gasteiger partial charge on any atom is -0.463 e. The number of benzene rings is 2. The third kappa shape index (κ3) is 6.89.